The molecular formula is C18H15ClN2O3. The molecule has 1 unspecified atom stereocenters. The molecule has 1 amide bonds. The lowest BCUT2D eigenvalue weighted by Crippen LogP contribution is -2.30. The number of carbonyl (C=O) groups excluding carboxylic acids is 1. The van der Waals surface area contributed by atoms with Crippen molar-refractivity contribution in [3.8, 4) is 11.3 Å². The van der Waals surface area contributed by atoms with E-state index in [9.17, 15) is 4.79 Å². The van der Waals surface area contributed by atoms with E-state index in [2.05, 4.69) is 5.16 Å². The summed E-state index contributed by atoms with van der Waals surface area (Å²) in [5, 5.41) is 4.55. The third-order valence-corrected chi connectivity index (χ3v) is 4.46. The van der Waals surface area contributed by atoms with Crippen LogP contribution in [0.1, 0.15) is 35.1 Å². The van der Waals surface area contributed by atoms with E-state index in [4.69, 9.17) is 20.5 Å². The van der Waals surface area contributed by atoms with Gasteiger partial charge in [-0.1, -0.05) is 28.9 Å². The quantitative estimate of drug-likeness (QED) is 0.699. The van der Waals surface area contributed by atoms with E-state index in [-0.39, 0.29) is 11.9 Å². The van der Waals surface area contributed by atoms with Gasteiger partial charge in [-0.15, -0.1) is 0 Å². The molecule has 1 aromatic carbocycles. The summed E-state index contributed by atoms with van der Waals surface area (Å²) in [4.78, 5) is 14.6. The molecule has 24 heavy (non-hydrogen) atoms. The first-order valence-electron chi connectivity index (χ1n) is 7.79. The molecule has 1 aliphatic heterocycles. The van der Waals surface area contributed by atoms with E-state index in [1.165, 1.54) is 0 Å². The average Bonchev–Trinajstić information content (AvgIpc) is 3.33. The van der Waals surface area contributed by atoms with Crippen LogP contribution in [0.15, 0.2) is 57.7 Å². The van der Waals surface area contributed by atoms with Crippen molar-refractivity contribution >= 4 is 17.5 Å². The second kappa shape index (κ2) is 6.17. The lowest BCUT2D eigenvalue weighted by molar-refractivity contribution is 0.0709. The number of benzene rings is 1. The van der Waals surface area contributed by atoms with Gasteiger partial charge in [-0.2, -0.15) is 0 Å². The van der Waals surface area contributed by atoms with E-state index < -0.39 is 0 Å². The normalized spacial score (nSPS) is 17.4. The van der Waals surface area contributed by atoms with Crippen LogP contribution in [-0.4, -0.2) is 22.5 Å². The molecule has 0 spiro atoms. The molecule has 1 saturated heterocycles. The van der Waals surface area contributed by atoms with Gasteiger partial charge < -0.3 is 13.8 Å². The Bertz CT molecular complexity index is 857. The lowest BCUT2D eigenvalue weighted by atomic mass is 10.1. The van der Waals surface area contributed by atoms with Gasteiger partial charge in [0.1, 0.15) is 5.76 Å². The Morgan fingerprint density at radius 2 is 2.17 bits per heavy atom. The number of nitrogens with zero attached hydrogens (tertiary/aromatic N) is 2. The minimum absolute atomic E-state index is 0.0428. The van der Waals surface area contributed by atoms with Crippen molar-refractivity contribution in [1.29, 1.82) is 0 Å². The Kier molecular flexibility index (Phi) is 3.86. The third kappa shape index (κ3) is 2.71. The molecule has 0 bridgehead atoms. The van der Waals surface area contributed by atoms with Gasteiger partial charge >= 0.3 is 0 Å². The van der Waals surface area contributed by atoms with Gasteiger partial charge in [0.25, 0.3) is 5.91 Å². The Balaban J connectivity index is 1.59. The van der Waals surface area contributed by atoms with Gasteiger partial charge in [-0.3, -0.25) is 4.79 Å². The topological polar surface area (TPSA) is 59.5 Å². The maximum Gasteiger partial charge on any atom is 0.276 e. The fourth-order valence-electron chi connectivity index (χ4n) is 3.09. The molecule has 1 atom stereocenters. The summed E-state index contributed by atoms with van der Waals surface area (Å²) in [5.74, 6) is 1.18. The molecule has 3 heterocycles. The summed E-state index contributed by atoms with van der Waals surface area (Å²) in [6.45, 7) is 0.684. The van der Waals surface area contributed by atoms with Gasteiger partial charge in [0.05, 0.1) is 12.3 Å². The highest BCUT2D eigenvalue weighted by molar-refractivity contribution is 6.30. The Morgan fingerprint density at radius 1 is 1.25 bits per heavy atom. The van der Waals surface area contributed by atoms with Crippen LogP contribution in [-0.2, 0) is 0 Å². The first-order valence-corrected chi connectivity index (χ1v) is 8.17. The van der Waals surface area contributed by atoms with E-state index >= 15 is 0 Å². The highest BCUT2D eigenvalue weighted by atomic mass is 35.5. The van der Waals surface area contributed by atoms with Gasteiger partial charge in [0, 0.05) is 23.2 Å². The van der Waals surface area contributed by atoms with E-state index in [0.29, 0.717) is 23.0 Å². The fourth-order valence-corrected chi connectivity index (χ4v) is 3.28. The third-order valence-electron chi connectivity index (χ3n) is 4.22. The SMILES string of the molecule is O=C(c1cc(-c2cccc(Cl)c2)on1)N1CCCC1c1ccco1. The van der Waals surface area contributed by atoms with Crippen molar-refractivity contribution in [2.24, 2.45) is 0 Å². The molecule has 1 aliphatic rings. The van der Waals surface area contributed by atoms with Gasteiger partial charge in [-0.25, -0.2) is 0 Å². The Labute approximate surface area is 143 Å². The van der Waals surface area contributed by atoms with Gasteiger partial charge in [-0.05, 0) is 37.1 Å². The number of amides is 1. The van der Waals surface area contributed by atoms with Crippen LogP contribution in [0.5, 0.6) is 0 Å². The molecule has 0 aliphatic carbocycles. The minimum atomic E-state index is -0.147. The van der Waals surface area contributed by atoms with E-state index in [1.54, 1.807) is 29.4 Å². The molecule has 0 N–H and O–H groups in total. The second-order valence-electron chi connectivity index (χ2n) is 5.76. The highest BCUT2D eigenvalue weighted by Crippen LogP contribution is 2.33. The van der Waals surface area contributed by atoms with Crippen LogP contribution in [0.4, 0.5) is 0 Å². The number of carbonyl (C=O) groups is 1. The van der Waals surface area contributed by atoms with E-state index in [1.807, 2.05) is 24.3 Å². The molecule has 0 saturated carbocycles. The Hall–Kier alpha value is -2.53. The van der Waals surface area contributed by atoms with Crippen LogP contribution in [0.3, 0.4) is 0 Å². The zero-order valence-corrected chi connectivity index (χ0v) is 13.6. The number of likely N-dealkylation sites (tertiary alicyclic amines) is 1. The number of furan rings is 1. The summed E-state index contributed by atoms with van der Waals surface area (Å²) in [7, 11) is 0. The monoisotopic (exact) mass is 342 g/mol. The minimum Gasteiger partial charge on any atom is -0.467 e. The van der Waals surface area contributed by atoms with Crippen LogP contribution in [0, 0.1) is 0 Å². The molecule has 1 fully saturated rings. The number of hydrogen-bond donors (Lipinski definition) is 0. The zero-order valence-electron chi connectivity index (χ0n) is 12.8. The molecule has 6 heteroatoms. The van der Waals surface area contributed by atoms with Crippen LogP contribution < -0.4 is 0 Å². The lowest BCUT2D eigenvalue weighted by Gasteiger charge is -2.21. The van der Waals surface area contributed by atoms with Gasteiger partial charge in [0.2, 0.25) is 0 Å². The maximum absolute atomic E-state index is 12.8. The summed E-state index contributed by atoms with van der Waals surface area (Å²) in [6.07, 6.45) is 3.46. The highest BCUT2D eigenvalue weighted by Gasteiger charge is 2.33. The molecule has 122 valence electrons. The number of hydrogen-bond acceptors (Lipinski definition) is 4. The largest absolute Gasteiger partial charge is 0.467 e. The first kappa shape index (κ1) is 15.0. The van der Waals surface area contributed by atoms with Crippen LogP contribution in [0.2, 0.25) is 5.02 Å². The molecule has 5 nitrogen and oxygen atoms in total. The number of aromatic nitrogens is 1. The average molecular weight is 343 g/mol. The van der Waals surface area contributed by atoms with Crippen molar-refractivity contribution in [2.75, 3.05) is 6.54 Å². The predicted molar refractivity (Wildman–Crippen MR) is 88.7 cm³/mol. The van der Waals surface area contributed by atoms with Crippen molar-refractivity contribution < 1.29 is 13.7 Å². The smallest absolute Gasteiger partial charge is 0.276 e. The summed E-state index contributed by atoms with van der Waals surface area (Å²) < 4.78 is 10.8. The maximum atomic E-state index is 12.8. The predicted octanol–water partition coefficient (Wildman–Crippen LogP) is 4.57. The summed E-state index contributed by atoms with van der Waals surface area (Å²) in [6, 6.07) is 12.6. The van der Waals surface area contributed by atoms with Crippen molar-refractivity contribution in [2.45, 2.75) is 18.9 Å². The Morgan fingerprint density at radius 3 is 2.96 bits per heavy atom. The molecule has 3 aromatic rings. The second-order valence-corrected chi connectivity index (χ2v) is 6.20. The number of rotatable bonds is 3. The van der Waals surface area contributed by atoms with Crippen molar-refractivity contribution in [3.05, 3.63) is 65.2 Å². The molecule has 0 radical (unpaired) electrons. The number of halogens is 1. The molecule has 2 aromatic heterocycles. The molecule has 4 rings (SSSR count). The van der Waals surface area contributed by atoms with Crippen LogP contribution in [0.25, 0.3) is 11.3 Å². The van der Waals surface area contributed by atoms with E-state index in [0.717, 1.165) is 24.2 Å². The van der Waals surface area contributed by atoms with Gasteiger partial charge in [0.15, 0.2) is 11.5 Å². The van der Waals surface area contributed by atoms with Crippen LogP contribution >= 0.6 is 11.6 Å². The van der Waals surface area contributed by atoms with Crippen molar-refractivity contribution in [3.63, 3.8) is 0 Å². The summed E-state index contributed by atoms with van der Waals surface area (Å²) in [5.41, 5.74) is 1.08. The first-order chi connectivity index (χ1) is 11.7. The zero-order chi connectivity index (χ0) is 16.5. The summed E-state index contributed by atoms with van der Waals surface area (Å²) >= 11 is 6.00. The molecular weight excluding hydrogens is 328 g/mol. The standard InChI is InChI=1S/C18H15ClN2O3/c19-13-5-1-4-12(10-13)17-11-14(20-24-17)18(22)21-8-2-6-15(21)16-7-3-9-23-16/h1,3-5,7,9-11,15H,2,6,8H2. The fraction of sp³-hybridized carbons (Fsp3) is 0.222. The van der Waals surface area contributed by atoms with Crippen molar-refractivity contribution in [1.82, 2.24) is 10.1 Å².